The maximum Gasteiger partial charge on any atom is 0.375 e. The highest BCUT2D eigenvalue weighted by Gasteiger charge is 2.26. The van der Waals surface area contributed by atoms with Gasteiger partial charge in [0, 0.05) is 6.61 Å². The number of esters is 1. The van der Waals surface area contributed by atoms with E-state index >= 15 is 0 Å². The van der Waals surface area contributed by atoms with Crippen molar-refractivity contribution in [2.45, 2.75) is 38.5 Å². The number of ether oxygens (including phenoxy) is 2. The number of methoxy groups -OCH3 is 1. The van der Waals surface area contributed by atoms with Crippen LogP contribution in [-0.2, 0) is 15.9 Å². The van der Waals surface area contributed by atoms with Gasteiger partial charge in [-0.2, -0.15) is 0 Å². The van der Waals surface area contributed by atoms with Gasteiger partial charge in [0.25, 0.3) is 0 Å². The van der Waals surface area contributed by atoms with Gasteiger partial charge in [-0.15, -0.1) is 0 Å². The highest BCUT2D eigenvalue weighted by Crippen LogP contribution is 2.27. The molecule has 1 aromatic heterocycles. The van der Waals surface area contributed by atoms with E-state index < -0.39 is 5.97 Å². The van der Waals surface area contributed by atoms with Crippen molar-refractivity contribution in [3.63, 3.8) is 0 Å². The first kappa shape index (κ1) is 13.1. The van der Waals surface area contributed by atoms with E-state index in [9.17, 15) is 4.79 Å². The third kappa shape index (κ3) is 2.72. The van der Waals surface area contributed by atoms with Crippen molar-refractivity contribution >= 4 is 5.97 Å². The highest BCUT2D eigenvalue weighted by atomic mass is 16.5. The lowest BCUT2D eigenvalue weighted by Crippen LogP contribution is -2.15. The number of nitrogens with zero attached hydrogens (tertiary/aromatic N) is 1. The highest BCUT2D eigenvalue weighted by molar-refractivity contribution is 5.87. The van der Waals surface area contributed by atoms with Crippen molar-refractivity contribution in [3.05, 3.63) is 17.3 Å². The Morgan fingerprint density at radius 2 is 2.39 bits per heavy atom. The van der Waals surface area contributed by atoms with Gasteiger partial charge in [0.2, 0.25) is 11.7 Å². The number of hydrogen-bond donors (Lipinski definition) is 0. The molecule has 0 saturated carbocycles. The normalized spacial score (nSPS) is 19.8. The Kier molecular flexibility index (Phi) is 4.36. The summed E-state index contributed by atoms with van der Waals surface area (Å²) < 4.78 is 15.7. The molecule has 0 aromatic carbocycles. The molecule has 0 spiro atoms. The van der Waals surface area contributed by atoms with E-state index in [2.05, 4.69) is 4.98 Å². The third-order valence-electron chi connectivity index (χ3n) is 3.08. The van der Waals surface area contributed by atoms with Crippen LogP contribution in [-0.4, -0.2) is 31.3 Å². The van der Waals surface area contributed by atoms with E-state index in [4.69, 9.17) is 13.9 Å². The smallest absolute Gasteiger partial charge is 0.375 e. The molecular formula is C13H19NO4. The molecule has 0 amide bonds. The van der Waals surface area contributed by atoms with Gasteiger partial charge < -0.3 is 13.9 Å². The third-order valence-corrected chi connectivity index (χ3v) is 3.08. The second kappa shape index (κ2) is 6.00. The number of hydrogen-bond acceptors (Lipinski definition) is 5. The Labute approximate surface area is 106 Å². The Morgan fingerprint density at radius 3 is 3.00 bits per heavy atom. The fraction of sp³-hybridized carbons (Fsp3) is 0.692. The molecule has 0 N–H and O–H groups in total. The van der Waals surface area contributed by atoms with E-state index in [-0.39, 0.29) is 11.7 Å². The first-order chi connectivity index (χ1) is 8.76. The van der Waals surface area contributed by atoms with Gasteiger partial charge in [-0.1, -0.05) is 13.3 Å². The van der Waals surface area contributed by atoms with Crippen molar-refractivity contribution in [1.29, 1.82) is 0 Å². The fourth-order valence-corrected chi connectivity index (χ4v) is 2.14. The van der Waals surface area contributed by atoms with Crippen LogP contribution in [0.2, 0.25) is 0 Å². The van der Waals surface area contributed by atoms with Crippen molar-refractivity contribution in [3.8, 4) is 0 Å². The van der Waals surface area contributed by atoms with Crippen LogP contribution in [0.25, 0.3) is 0 Å². The molecule has 0 radical (unpaired) electrons. The number of rotatable bonds is 4. The average molecular weight is 253 g/mol. The maximum atomic E-state index is 11.6. The summed E-state index contributed by atoms with van der Waals surface area (Å²) in [5.74, 6) is 0.570. The lowest BCUT2D eigenvalue weighted by atomic mass is 10.0. The molecule has 2 heterocycles. The Bertz CT molecular complexity index is 407. The van der Waals surface area contributed by atoms with Crippen molar-refractivity contribution < 1.29 is 18.7 Å². The molecule has 1 aliphatic rings. The van der Waals surface area contributed by atoms with Gasteiger partial charge in [-0.05, 0) is 19.3 Å². The van der Waals surface area contributed by atoms with Gasteiger partial charge in [0.1, 0.15) is 0 Å². The first-order valence-electron chi connectivity index (χ1n) is 6.42. The molecule has 1 unspecified atom stereocenters. The van der Waals surface area contributed by atoms with Crippen LogP contribution < -0.4 is 0 Å². The zero-order valence-corrected chi connectivity index (χ0v) is 10.9. The minimum Gasteiger partial charge on any atom is -0.463 e. The average Bonchev–Trinajstić information content (AvgIpc) is 2.83. The quantitative estimate of drug-likeness (QED) is 0.770. The standard InChI is InChI=1S/C13H19NO4/c1-3-5-10-11(13(15)16-2)18-12(14-10)9-6-4-7-17-8-9/h9H,3-8H2,1-2H3. The molecule has 5 nitrogen and oxygen atoms in total. The number of aromatic nitrogens is 1. The molecule has 18 heavy (non-hydrogen) atoms. The van der Waals surface area contributed by atoms with E-state index in [1.807, 2.05) is 6.92 Å². The van der Waals surface area contributed by atoms with Gasteiger partial charge in [-0.3, -0.25) is 0 Å². The topological polar surface area (TPSA) is 61.6 Å². The molecule has 2 rings (SSSR count). The molecule has 100 valence electrons. The molecule has 0 bridgehead atoms. The van der Waals surface area contributed by atoms with Gasteiger partial charge in [0.15, 0.2) is 0 Å². The fourth-order valence-electron chi connectivity index (χ4n) is 2.14. The second-order valence-corrected chi connectivity index (χ2v) is 4.48. The molecular weight excluding hydrogens is 234 g/mol. The van der Waals surface area contributed by atoms with Crippen LogP contribution in [0, 0.1) is 0 Å². The molecule has 1 atom stereocenters. The van der Waals surface area contributed by atoms with E-state index in [1.165, 1.54) is 7.11 Å². The van der Waals surface area contributed by atoms with Gasteiger partial charge >= 0.3 is 5.97 Å². The number of aryl methyl sites for hydroxylation is 1. The Hall–Kier alpha value is -1.36. The summed E-state index contributed by atoms with van der Waals surface area (Å²) in [6, 6.07) is 0. The lowest BCUT2D eigenvalue weighted by molar-refractivity contribution is 0.0543. The maximum absolute atomic E-state index is 11.6. The van der Waals surface area contributed by atoms with E-state index in [1.54, 1.807) is 0 Å². The predicted molar refractivity (Wildman–Crippen MR) is 64.6 cm³/mol. The molecule has 1 saturated heterocycles. The van der Waals surface area contributed by atoms with Crippen LogP contribution in [0.4, 0.5) is 0 Å². The molecule has 1 fully saturated rings. The summed E-state index contributed by atoms with van der Waals surface area (Å²) in [5.41, 5.74) is 0.699. The number of oxazole rings is 1. The van der Waals surface area contributed by atoms with Crippen molar-refractivity contribution in [1.82, 2.24) is 4.98 Å². The summed E-state index contributed by atoms with van der Waals surface area (Å²) in [6.07, 6.45) is 3.63. The Balaban J connectivity index is 2.23. The summed E-state index contributed by atoms with van der Waals surface area (Å²) in [5, 5.41) is 0. The Morgan fingerprint density at radius 1 is 1.56 bits per heavy atom. The minimum atomic E-state index is -0.450. The molecule has 0 aliphatic carbocycles. The van der Waals surface area contributed by atoms with E-state index in [0.29, 0.717) is 18.2 Å². The summed E-state index contributed by atoms with van der Waals surface area (Å²) in [4.78, 5) is 16.1. The SMILES string of the molecule is CCCc1nc(C2CCCOC2)oc1C(=O)OC. The summed E-state index contributed by atoms with van der Waals surface area (Å²) >= 11 is 0. The zero-order valence-electron chi connectivity index (χ0n) is 10.9. The largest absolute Gasteiger partial charge is 0.463 e. The number of carbonyl (C=O) groups excluding carboxylic acids is 1. The van der Waals surface area contributed by atoms with Crippen LogP contribution in [0.5, 0.6) is 0 Å². The monoisotopic (exact) mass is 253 g/mol. The van der Waals surface area contributed by atoms with Crippen LogP contribution in [0.15, 0.2) is 4.42 Å². The summed E-state index contributed by atoms with van der Waals surface area (Å²) in [7, 11) is 1.35. The van der Waals surface area contributed by atoms with Gasteiger partial charge in [-0.25, -0.2) is 9.78 Å². The zero-order chi connectivity index (χ0) is 13.0. The predicted octanol–water partition coefficient (Wildman–Crippen LogP) is 2.31. The van der Waals surface area contributed by atoms with Crippen molar-refractivity contribution in [2.24, 2.45) is 0 Å². The molecule has 1 aliphatic heterocycles. The van der Waals surface area contributed by atoms with Crippen LogP contribution in [0.3, 0.4) is 0 Å². The summed E-state index contributed by atoms with van der Waals surface area (Å²) in [6.45, 7) is 3.45. The first-order valence-corrected chi connectivity index (χ1v) is 6.42. The second-order valence-electron chi connectivity index (χ2n) is 4.48. The minimum absolute atomic E-state index is 0.160. The van der Waals surface area contributed by atoms with Crippen LogP contribution in [0.1, 0.15) is 54.2 Å². The van der Waals surface area contributed by atoms with Crippen LogP contribution >= 0.6 is 0 Å². The van der Waals surface area contributed by atoms with E-state index in [0.717, 1.165) is 32.3 Å². The molecule has 1 aromatic rings. The van der Waals surface area contributed by atoms with Crippen molar-refractivity contribution in [2.75, 3.05) is 20.3 Å². The number of carbonyl (C=O) groups is 1. The lowest BCUT2D eigenvalue weighted by Gasteiger charge is -2.18. The molecule has 5 heteroatoms. The van der Waals surface area contributed by atoms with Gasteiger partial charge in [0.05, 0.1) is 25.3 Å².